The van der Waals surface area contributed by atoms with Crippen LogP contribution in [0.3, 0.4) is 0 Å². The largest absolute Gasteiger partial charge is 0.464 e. The molecule has 1 aromatic heterocycles. The van der Waals surface area contributed by atoms with Crippen LogP contribution in [0.15, 0.2) is 28.7 Å². The van der Waals surface area contributed by atoms with Crippen LogP contribution in [-0.2, 0) is 9.47 Å². The molecule has 5 nitrogen and oxygen atoms in total. The SMILES string of the molecule is COC(=O)c1cc(N2CCC(C3CCCO3)CC2)c2cc(Br)ccc2n1. The molecule has 0 aliphatic carbocycles. The molecule has 2 fully saturated rings. The molecule has 0 bridgehead atoms. The molecule has 26 heavy (non-hydrogen) atoms. The Hall–Kier alpha value is -1.66. The number of pyridine rings is 1. The average Bonchev–Trinajstić information content (AvgIpc) is 3.21. The molecule has 0 N–H and O–H groups in total. The Kier molecular flexibility index (Phi) is 5.14. The molecule has 0 spiro atoms. The van der Waals surface area contributed by atoms with Crippen molar-refractivity contribution in [2.24, 2.45) is 5.92 Å². The van der Waals surface area contributed by atoms with Crippen molar-refractivity contribution < 1.29 is 14.3 Å². The summed E-state index contributed by atoms with van der Waals surface area (Å²) in [7, 11) is 1.39. The summed E-state index contributed by atoms with van der Waals surface area (Å²) in [4.78, 5) is 18.9. The molecule has 2 saturated heterocycles. The zero-order chi connectivity index (χ0) is 18.1. The fourth-order valence-electron chi connectivity index (χ4n) is 4.14. The number of methoxy groups -OCH3 is 1. The Morgan fingerprint density at radius 1 is 1.27 bits per heavy atom. The number of carbonyl (C=O) groups is 1. The number of ether oxygens (including phenoxy) is 2. The van der Waals surface area contributed by atoms with Gasteiger partial charge in [-0.25, -0.2) is 9.78 Å². The van der Waals surface area contributed by atoms with Crippen LogP contribution in [-0.4, -0.2) is 43.9 Å². The maximum atomic E-state index is 12.1. The van der Waals surface area contributed by atoms with E-state index < -0.39 is 5.97 Å². The number of fused-ring (bicyclic) bond motifs is 1. The van der Waals surface area contributed by atoms with Crippen molar-refractivity contribution in [1.29, 1.82) is 0 Å². The summed E-state index contributed by atoms with van der Waals surface area (Å²) >= 11 is 3.55. The van der Waals surface area contributed by atoms with Gasteiger partial charge in [-0.15, -0.1) is 0 Å². The summed E-state index contributed by atoms with van der Waals surface area (Å²) < 4.78 is 11.8. The van der Waals surface area contributed by atoms with E-state index in [1.54, 1.807) is 0 Å². The van der Waals surface area contributed by atoms with Crippen LogP contribution in [0.5, 0.6) is 0 Å². The highest BCUT2D eigenvalue weighted by atomic mass is 79.9. The lowest BCUT2D eigenvalue weighted by Crippen LogP contribution is -2.38. The Labute approximate surface area is 161 Å². The number of hydrogen-bond acceptors (Lipinski definition) is 5. The molecule has 1 unspecified atom stereocenters. The van der Waals surface area contributed by atoms with Gasteiger partial charge in [0.2, 0.25) is 0 Å². The van der Waals surface area contributed by atoms with Crippen LogP contribution in [0.4, 0.5) is 5.69 Å². The summed E-state index contributed by atoms with van der Waals surface area (Å²) in [6.45, 7) is 2.85. The highest BCUT2D eigenvalue weighted by molar-refractivity contribution is 9.10. The topological polar surface area (TPSA) is 51.7 Å². The third kappa shape index (κ3) is 3.45. The number of carbonyl (C=O) groups excluding carboxylic acids is 1. The smallest absolute Gasteiger partial charge is 0.356 e. The fourth-order valence-corrected chi connectivity index (χ4v) is 4.50. The van der Waals surface area contributed by atoms with Crippen LogP contribution in [0.2, 0.25) is 0 Å². The summed E-state index contributed by atoms with van der Waals surface area (Å²) in [6, 6.07) is 7.83. The number of esters is 1. The lowest BCUT2D eigenvalue weighted by Gasteiger charge is -2.36. The maximum Gasteiger partial charge on any atom is 0.356 e. The van der Waals surface area contributed by atoms with Crippen LogP contribution in [0.1, 0.15) is 36.2 Å². The minimum Gasteiger partial charge on any atom is -0.464 e. The van der Waals surface area contributed by atoms with Gasteiger partial charge >= 0.3 is 5.97 Å². The molecule has 0 amide bonds. The van der Waals surface area contributed by atoms with E-state index >= 15 is 0 Å². The van der Waals surface area contributed by atoms with E-state index in [0.29, 0.717) is 17.7 Å². The Morgan fingerprint density at radius 3 is 2.77 bits per heavy atom. The predicted octanol–water partition coefficient (Wildman–Crippen LogP) is 4.18. The number of aromatic nitrogens is 1. The third-order valence-electron chi connectivity index (χ3n) is 5.51. The Balaban J connectivity index is 1.64. The van der Waals surface area contributed by atoms with E-state index in [9.17, 15) is 4.79 Å². The van der Waals surface area contributed by atoms with Crippen molar-refractivity contribution in [1.82, 2.24) is 4.98 Å². The van der Waals surface area contributed by atoms with Gasteiger partial charge in [0.25, 0.3) is 0 Å². The van der Waals surface area contributed by atoms with Gasteiger partial charge < -0.3 is 14.4 Å². The zero-order valence-corrected chi connectivity index (χ0v) is 16.5. The van der Waals surface area contributed by atoms with Crippen molar-refractivity contribution in [2.45, 2.75) is 31.8 Å². The second-order valence-corrected chi connectivity index (χ2v) is 7.97. The van der Waals surface area contributed by atoms with Gasteiger partial charge in [-0.2, -0.15) is 0 Å². The van der Waals surface area contributed by atoms with Gasteiger partial charge in [0, 0.05) is 35.2 Å². The Bertz CT molecular complexity index is 812. The summed E-state index contributed by atoms with van der Waals surface area (Å²) in [6.07, 6.45) is 5.07. The molecule has 2 aliphatic heterocycles. The molecule has 6 heteroatoms. The minimum atomic E-state index is -0.398. The van der Waals surface area contributed by atoms with Gasteiger partial charge in [-0.1, -0.05) is 15.9 Å². The van der Waals surface area contributed by atoms with E-state index in [0.717, 1.165) is 53.6 Å². The highest BCUT2D eigenvalue weighted by Crippen LogP contribution is 2.35. The van der Waals surface area contributed by atoms with Crippen LogP contribution < -0.4 is 4.90 Å². The van der Waals surface area contributed by atoms with Gasteiger partial charge in [0.15, 0.2) is 5.69 Å². The van der Waals surface area contributed by atoms with Crippen LogP contribution in [0, 0.1) is 5.92 Å². The first-order valence-corrected chi connectivity index (χ1v) is 10.00. The fraction of sp³-hybridized carbons (Fsp3) is 0.500. The average molecular weight is 419 g/mol. The van der Waals surface area contributed by atoms with Crippen molar-refractivity contribution in [3.05, 3.63) is 34.4 Å². The van der Waals surface area contributed by atoms with E-state index in [-0.39, 0.29) is 0 Å². The molecule has 3 heterocycles. The first kappa shape index (κ1) is 17.7. The van der Waals surface area contributed by atoms with Gasteiger partial charge in [-0.05, 0) is 55.9 Å². The normalized spacial score (nSPS) is 21.3. The predicted molar refractivity (Wildman–Crippen MR) is 105 cm³/mol. The van der Waals surface area contributed by atoms with E-state index in [2.05, 4.69) is 31.9 Å². The number of piperidine rings is 1. The second-order valence-electron chi connectivity index (χ2n) is 7.06. The second kappa shape index (κ2) is 7.53. The highest BCUT2D eigenvalue weighted by Gasteiger charge is 2.30. The number of hydrogen-bond donors (Lipinski definition) is 0. The molecule has 138 valence electrons. The standard InChI is InChI=1S/C20H23BrN2O3/c1-25-20(24)17-12-18(15-11-14(21)4-5-16(15)22-17)23-8-6-13(7-9-23)19-3-2-10-26-19/h4-5,11-13,19H,2-3,6-10H2,1H3. The lowest BCUT2D eigenvalue weighted by atomic mass is 9.89. The third-order valence-corrected chi connectivity index (χ3v) is 6.01. The van der Waals surface area contributed by atoms with Crippen molar-refractivity contribution in [2.75, 3.05) is 31.7 Å². The number of benzene rings is 1. The van der Waals surface area contributed by atoms with Gasteiger partial charge in [-0.3, -0.25) is 0 Å². The molecular weight excluding hydrogens is 396 g/mol. The van der Waals surface area contributed by atoms with E-state index in [4.69, 9.17) is 9.47 Å². The molecule has 0 radical (unpaired) electrons. The number of halogens is 1. The number of anilines is 1. The molecule has 4 rings (SSSR count). The monoisotopic (exact) mass is 418 g/mol. The van der Waals surface area contributed by atoms with E-state index in [1.807, 2.05) is 18.2 Å². The first-order chi connectivity index (χ1) is 12.7. The number of rotatable bonds is 3. The zero-order valence-electron chi connectivity index (χ0n) is 14.9. The van der Waals surface area contributed by atoms with Gasteiger partial charge in [0.1, 0.15) is 0 Å². The Morgan fingerprint density at radius 2 is 2.08 bits per heavy atom. The van der Waals surface area contributed by atoms with Gasteiger partial charge in [0.05, 0.1) is 18.7 Å². The molecule has 0 saturated carbocycles. The molecular formula is C20H23BrN2O3. The molecule has 2 aromatic rings. The maximum absolute atomic E-state index is 12.1. The van der Waals surface area contributed by atoms with Crippen LogP contribution >= 0.6 is 15.9 Å². The molecule has 1 atom stereocenters. The van der Waals surface area contributed by atoms with E-state index in [1.165, 1.54) is 20.0 Å². The molecule has 1 aromatic carbocycles. The summed E-state index contributed by atoms with van der Waals surface area (Å²) in [5.74, 6) is 0.249. The van der Waals surface area contributed by atoms with Crippen LogP contribution in [0.25, 0.3) is 10.9 Å². The summed E-state index contributed by atoms with van der Waals surface area (Å²) in [5, 5.41) is 1.06. The number of nitrogens with zero attached hydrogens (tertiary/aromatic N) is 2. The van der Waals surface area contributed by atoms with Crippen molar-refractivity contribution in [3.63, 3.8) is 0 Å². The first-order valence-electron chi connectivity index (χ1n) is 9.21. The minimum absolute atomic E-state index is 0.360. The van der Waals surface area contributed by atoms with Crippen molar-refractivity contribution >= 4 is 38.5 Å². The lowest BCUT2D eigenvalue weighted by molar-refractivity contribution is 0.0532. The molecule has 2 aliphatic rings. The van der Waals surface area contributed by atoms with Crippen molar-refractivity contribution in [3.8, 4) is 0 Å². The quantitative estimate of drug-likeness (QED) is 0.699. The summed E-state index contributed by atoms with van der Waals surface area (Å²) in [5.41, 5.74) is 2.23.